The number of hydrogen-bond acceptors (Lipinski definition) is 1. The van der Waals surface area contributed by atoms with E-state index in [4.69, 9.17) is 0 Å². The predicted octanol–water partition coefficient (Wildman–Crippen LogP) is 3.19. The van der Waals surface area contributed by atoms with Crippen molar-refractivity contribution in [1.82, 2.24) is 0 Å². The molecule has 1 nitrogen and oxygen atoms in total. The molecule has 0 aliphatic rings. The van der Waals surface area contributed by atoms with Gasteiger partial charge in [0.05, 0.1) is 6.10 Å². The first-order valence-electron chi connectivity index (χ1n) is 5.32. The van der Waals surface area contributed by atoms with E-state index in [0.717, 1.165) is 5.57 Å². The van der Waals surface area contributed by atoms with E-state index in [9.17, 15) is 5.11 Å². The largest absolute Gasteiger partial charge is 0.392 e. The topological polar surface area (TPSA) is 20.2 Å². The summed E-state index contributed by atoms with van der Waals surface area (Å²) in [5, 5.41) is 10.1. The number of aliphatic hydroxyl groups excluding tert-OH is 1. The zero-order chi connectivity index (χ0) is 11.5. The smallest absolute Gasteiger partial charge is 0.0668 e. The van der Waals surface area contributed by atoms with E-state index in [1.54, 1.807) is 0 Å². The average molecular weight is 204 g/mol. The molecule has 0 saturated carbocycles. The van der Waals surface area contributed by atoms with Crippen LogP contribution in [0.1, 0.15) is 26.3 Å². The molecule has 0 aromatic heterocycles. The monoisotopic (exact) mass is 204 g/mol. The van der Waals surface area contributed by atoms with Gasteiger partial charge in [-0.1, -0.05) is 56.3 Å². The first-order chi connectivity index (χ1) is 6.94. The molecule has 1 aromatic rings. The summed E-state index contributed by atoms with van der Waals surface area (Å²) in [6.07, 6.45) is 0.304. The Morgan fingerprint density at radius 2 is 1.87 bits per heavy atom. The molecular formula is C14H20O. The van der Waals surface area contributed by atoms with Crippen LogP contribution in [-0.2, 0) is 6.42 Å². The summed E-state index contributed by atoms with van der Waals surface area (Å²) < 4.78 is 0. The third-order valence-corrected chi connectivity index (χ3v) is 3.20. The molecule has 0 bridgehead atoms. The zero-order valence-electron chi connectivity index (χ0n) is 9.83. The molecule has 0 aliphatic heterocycles. The van der Waals surface area contributed by atoms with Crippen LogP contribution in [-0.4, -0.2) is 11.2 Å². The molecule has 1 rings (SSSR count). The lowest BCUT2D eigenvalue weighted by Crippen LogP contribution is -2.31. The van der Waals surface area contributed by atoms with Crippen LogP contribution in [0.15, 0.2) is 42.5 Å². The Bertz CT molecular complexity index is 324. The van der Waals surface area contributed by atoms with Crippen LogP contribution in [0.4, 0.5) is 0 Å². The minimum absolute atomic E-state index is 0.226. The molecule has 0 heterocycles. The third-order valence-electron chi connectivity index (χ3n) is 3.20. The maximum absolute atomic E-state index is 10.1. The molecular weight excluding hydrogens is 184 g/mol. The molecule has 82 valence electrons. The van der Waals surface area contributed by atoms with Crippen molar-refractivity contribution >= 4 is 0 Å². The van der Waals surface area contributed by atoms with E-state index in [0.29, 0.717) is 6.42 Å². The van der Waals surface area contributed by atoms with E-state index in [-0.39, 0.29) is 11.5 Å². The van der Waals surface area contributed by atoms with Crippen molar-refractivity contribution in [2.75, 3.05) is 0 Å². The molecule has 1 heteroatoms. The highest BCUT2D eigenvalue weighted by Crippen LogP contribution is 2.30. The fourth-order valence-corrected chi connectivity index (χ4v) is 1.38. The molecule has 0 fully saturated rings. The van der Waals surface area contributed by atoms with Crippen LogP contribution in [0.5, 0.6) is 0 Å². The minimum atomic E-state index is -0.377. The molecule has 1 unspecified atom stereocenters. The summed E-state index contributed by atoms with van der Waals surface area (Å²) in [6.45, 7) is 9.96. The van der Waals surface area contributed by atoms with Crippen LogP contribution in [0, 0.1) is 5.41 Å². The van der Waals surface area contributed by atoms with Crippen molar-refractivity contribution < 1.29 is 5.11 Å². The summed E-state index contributed by atoms with van der Waals surface area (Å²) >= 11 is 0. The summed E-state index contributed by atoms with van der Waals surface area (Å²) in [5.74, 6) is 0. The number of rotatable bonds is 4. The van der Waals surface area contributed by atoms with Crippen molar-refractivity contribution in [3.05, 3.63) is 48.0 Å². The predicted molar refractivity (Wildman–Crippen MR) is 64.7 cm³/mol. The third kappa shape index (κ3) is 2.93. The summed E-state index contributed by atoms with van der Waals surface area (Å²) in [6, 6.07) is 10.1. The first-order valence-corrected chi connectivity index (χ1v) is 5.32. The van der Waals surface area contributed by atoms with Gasteiger partial charge in [-0.3, -0.25) is 0 Å². The fourth-order valence-electron chi connectivity index (χ4n) is 1.38. The van der Waals surface area contributed by atoms with Gasteiger partial charge in [-0.2, -0.15) is 0 Å². The van der Waals surface area contributed by atoms with Gasteiger partial charge in [-0.05, 0) is 18.9 Å². The van der Waals surface area contributed by atoms with Gasteiger partial charge in [-0.15, -0.1) is 0 Å². The van der Waals surface area contributed by atoms with E-state index in [1.807, 2.05) is 51.1 Å². The van der Waals surface area contributed by atoms with Crippen molar-refractivity contribution in [3.63, 3.8) is 0 Å². The second kappa shape index (κ2) is 4.63. The van der Waals surface area contributed by atoms with Crippen molar-refractivity contribution in [3.8, 4) is 0 Å². The summed E-state index contributed by atoms with van der Waals surface area (Å²) in [4.78, 5) is 0. The number of benzene rings is 1. The standard InChI is InChI=1S/C14H20O/c1-11(2)14(3,4)13(15)10-12-8-6-5-7-9-12/h5-9,13,15H,1,10H2,2-4H3. The van der Waals surface area contributed by atoms with Crippen molar-refractivity contribution in [2.45, 2.75) is 33.3 Å². The SMILES string of the molecule is C=C(C)C(C)(C)C(O)Cc1ccccc1. The van der Waals surface area contributed by atoms with Crippen molar-refractivity contribution in [2.24, 2.45) is 5.41 Å². The van der Waals surface area contributed by atoms with Crippen LogP contribution in [0.2, 0.25) is 0 Å². The highest BCUT2D eigenvalue weighted by molar-refractivity contribution is 5.18. The van der Waals surface area contributed by atoms with Gasteiger partial charge in [0, 0.05) is 5.41 Å². The molecule has 1 N–H and O–H groups in total. The Kier molecular flexibility index (Phi) is 3.70. The van der Waals surface area contributed by atoms with E-state index in [2.05, 4.69) is 6.58 Å². The Labute approximate surface area is 92.5 Å². The van der Waals surface area contributed by atoms with E-state index < -0.39 is 0 Å². The van der Waals surface area contributed by atoms with E-state index in [1.165, 1.54) is 5.56 Å². The van der Waals surface area contributed by atoms with Gasteiger partial charge in [-0.25, -0.2) is 0 Å². The average Bonchev–Trinajstić information content (AvgIpc) is 2.18. The van der Waals surface area contributed by atoms with Gasteiger partial charge < -0.3 is 5.11 Å². The molecule has 15 heavy (non-hydrogen) atoms. The summed E-state index contributed by atoms with van der Waals surface area (Å²) in [7, 11) is 0. The van der Waals surface area contributed by atoms with Crippen LogP contribution in [0.3, 0.4) is 0 Å². The van der Waals surface area contributed by atoms with Gasteiger partial charge in [0.25, 0.3) is 0 Å². The van der Waals surface area contributed by atoms with Gasteiger partial charge >= 0.3 is 0 Å². The quantitative estimate of drug-likeness (QED) is 0.747. The van der Waals surface area contributed by atoms with Crippen LogP contribution in [0.25, 0.3) is 0 Å². The van der Waals surface area contributed by atoms with Crippen molar-refractivity contribution in [1.29, 1.82) is 0 Å². The molecule has 0 spiro atoms. The maximum atomic E-state index is 10.1. The normalized spacial score (nSPS) is 13.6. The second-order valence-corrected chi connectivity index (χ2v) is 4.71. The lowest BCUT2D eigenvalue weighted by Gasteiger charge is -2.31. The molecule has 1 atom stereocenters. The minimum Gasteiger partial charge on any atom is -0.392 e. The Balaban J connectivity index is 2.72. The van der Waals surface area contributed by atoms with E-state index >= 15 is 0 Å². The first kappa shape index (κ1) is 12.0. The highest BCUT2D eigenvalue weighted by Gasteiger charge is 2.28. The second-order valence-electron chi connectivity index (χ2n) is 4.71. The van der Waals surface area contributed by atoms with Gasteiger partial charge in [0.1, 0.15) is 0 Å². The number of hydrogen-bond donors (Lipinski definition) is 1. The lowest BCUT2D eigenvalue weighted by molar-refractivity contribution is 0.0752. The van der Waals surface area contributed by atoms with Crippen LogP contribution < -0.4 is 0 Å². The lowest BCUT2D eigenvalue weighted by atomic mass is 9.78. The Morgan fingerprint density at radius 3 is 2.33 bits per heavy atom. The fraction of sp³-hybridized carbons (Fsp3) is 0.429. The maximum Gasteiger partial charge on any atom is 0.0668 e. The van der Waals surface area contributed by atoms with Gasteiger partial charge in [0.15, 0.2) is 0 Å². The van der Waals surface area contributed by atoms with Gasteiger partial charge in [0.2, 0.25) is 0 Å². The molecule has 0 radical (unpaired) electrons. The Morgan fingerprint density at radius 1 is 1.33 bits per heavy atom. The molecule has 0 aliphatic carbocycles. The zero-order valence-corrected chi connectivity index (χ0v) is 9.83. The number of aliphatic hydroxyl groups is 1. The molecule has 1 aromatic carbocycles. The molecule has 0 amide bonds. The molecule has 0 saturated heterocycles. The Hall–Kier alpha value is -1.08. The van der Waals surface area contributed by atoms with Crippen LogP contribution >= 0.6 is 0 Å². The highest BCUT2D eigenvalue weighted by atomic mass is 16.3. The summed E-state index contributed by atoms with van der Waals surface area (Å²) in [5.41, 5.74) is 1.96.